The predicted molar refractivity (Wildman–Crippen MR) is 116 cm³/mol. The van der Waals surface area contributed by atoms with E-state index in [1.807, 2.05) is 50.2 Å². The molecule has 0 fully saturated rings. The maximum absolute atomic E-state index is 13.2. The molecule has 160 valence electrons. The van der Waals surface area contributed by atoms with E-state index in [4.69, 9.17) is 4.74 Å². The quantitative estimate of drug-likeness (QED) is 0.584. The van der Waals surface area contributed by atoms with Gasteiger partial charge in [0, 0.05) is 37.2 Å². The molecule has 0 atom stereocenters. The summed E-state index contributed by atoms with van der Waals surface area (Å²) in [6, 6.07) is 14.7. The number of hydrogen-bond donors (Lipinski definition) is 1. The van der Waals surface area contributed by atoms with Gasteiger partial charge in [-0.2, -0.15) is 5.10 Å². The number of methoxy groups -OCH3 is 1. The molecule has 0 aliphatic carbocycles. The van der Waals surface area contributed by atoms with Crippen molar-refractivity contribution in [2.24, 2.45) is 7.05 Å². The van der Waals surface area contributed by atoms with Crippen LogP contribution in [0.2, 0.25) is 0 Å². The van der Waals surface area contributed by atoms with Gasteiger partial charge in [-0.3, -0.25) is 9.48 Å². The van der Waals surface area contributed by atoms with Crippen molar-refractivity contribution in [2.75, 3.05) is 12.4 Å². The number of halogens is 2. The molecule has 1 N–H and O–H groups in total. The van der Waals surface area contributed by atoms with Gasteiger partial charge in [-0.05, 0) is 37.6 Å². The summed E-state index contributed by atoms with van der Waals surface area (Å²) >= 11 is 0. The summed E-state index contributed by atoms with van der Waals surface area (Å²) in [5.74, 6) is 5.50. The van der Waals surface area contributed by atoms with Crippen molar-refractivity contribution in [1.82, 2.24) is 9.78 Å². The normalized spacial score (nSPS) is 11.2. The Kier molecular flexibility index (Phi) is 6.52. The van der Waals surface area contributed by atoms with Gasteiger partial charge in [0.15, 0.2) is 0 Å². The largest absolute Gasteiger partial charge is 0.366 e. The number of benzene rings is 2. The maximum atomic E-state index is 13.2. The zero-order chi connectivity index (χ0) is 22.6. The molecule has 7 heteroatoms. The van der Waals surface area contributed by atoms with E-state index in [1.165, 1.54) is 17.9 Å². The third-order valence-electron chi connectivity index (χ3n) is 4.70. The van der Waals surface area contributed by atoms with Crippen LogP contribution in [0.4, 0.5) is 14.5 Å². The van der Waals surface area contributed by atoms with E-state index >= 15 is 0 Å². The van der Waals surface area contributed by atoms with Gasteiger partial charge in [0.25, 0.3) is 12.3 Å². The standard InChI is InChI=1S/C24H23F2N3O2/c1-24(2,31-4)14-13-16-9-11-17(12-10-16)18-7-5-6-8-20(18)27-23(30)19-15-29(3)28-21(19)22(25)26/h5-12,15,22H,1-4H3,(H,27,30). The number of nitrogens with one attached hydrogen (secondary N) is 1. The van der Waals surface area contributed by atoms with E-state index in [1.54, 1.807) is 19.2 Å². The Hall–Kier alpha value is -3.50. The van der Waals surface area contributed by atoms with Crippen molar-refractivity contribution in [1.29, 1.82) is 0 Å². The molecule has 1 aromatic heterocycles. The van der Waals surface area contributed by atoms with Gasteiger partial charge in [-0.25, -0.2) is 8.78 Å². The smallest absolute Gasteiger partial charge is 0.282 e. The van der Waals surface area contributed by atoms with Crippen LogP contribution in [0.1, 0.15) is 41.9 Å². The van der Waals surface area contributed by atoms with Crippen LogP contribution in [0.25, 0.3) is 11.1 Å². The molecule has 31 heavy (non-hydrogen) atoms. The first kappa shape index (κ1) is 22.2. The minimum absolute atomic E-state index is 0.154. The lowest BCUT2D eigenvalue weighted by Crippen LogP contribution is -2.19. The Labute approximate surface area is 180 Å². The highest BCUT2D eigenvalue weighted by Gasteiger charge is 2.23. The van der Waals surface area contributed by atoms with Crippen LogP contribution in [0.15, 0.2) is 54.7 Å². The first-order valence-electron chi connectivity index (χ1n) is 9.61. The average molecular weight is 423 g/mol. The number of carbonyl (C=O) groups excluding carboxylic acids is 1. The van der Waals surface area contributed by atoms with Crippen LogP contribution < -0.4 is 5.32 Å². The molecule has 3 rings (SSSR count). The Bertz CT molecular complexity index is 1140. The Morgan fingerprint density at radius 3 is 2.48 bits per heavy atom. The number of anilines is 1. The van der Waals surface area contributed by atoms with Crippen LogP contribution in [-0.2, 0) is 11.8 Å². The first-order valence-corrected chi connectivity index (χ1v) is 9.61. The number of para-hydroxylation sites is 1. The SMILES string of the molecule is COC(C)(C)C#Cc1ccc(-c2ccccc2NC(=O)c2cn(C)nc2C(F)F)cc1. The molecule has 0 saturated heterocycles. The van der Waals surface area contributed by atoms with E-state index in [-0.39, 0.29) is 5.56 Å². The molecule has 0 radical (unpaired) electrons. The second kappa shape index (κ2) is 9.11. The molecule has 0 aliphatic rings. The molecule has 0 aliphatic heterocycles. The van der Waals surface area contributed by atoms with Crippen LogP contribution in [0, 0.1) is 11.8 Å². The second-order valence-corrected chi connectivity index (χ2v) is 7.44. The second-order valence-electron chi connectivity index (χ2n) is 7.44. The summed E-state index contributed by atoms with van der Waals surface area (Å²) < 4.78 is 32.9. The molecular formula is C24H23F2N3O2. The van der Waals surface area contributed by atoms with Gasteiger partial charge in [-0.1, -0.05) is 42.2 Å². The molecule has 5 nitrogen and oxygen atoms in total. The van der Waals surface area contributed by atoms with Gasteiger partial charge in [0.05, 0.1) is 5.56 Å². The van der Waals surface area contributed by atoms with Gasteiger partial charge < -0.3 is 10.1 Å². The van der Waals surface area contributed by atoms with Crippen LogP contribution >= 0.6 is 0 Å². The lowest BCUT2D eigenvalue weighted by molar-refractivity contribution is 0.0741. The summed E-state index contributed by atoms with van der Waals surface area (Å²) in [6.45, 7) is 3.77. The number of aromatic nitrogens is 2. The number of hydrogen-bond acceptors (Lipinski definition) is 3. The van der Waals surface area contributed by atoms with Gasteiger partial charge in [-0.15, -0.1) is 0 Å². The fourth-order valence-corrected chi connectivity index (χ4v) is 2.88. The summed E-state index contributed by atoms with van der Waals surface area (Å²) in [6.07, 6.45) is -1.55. The number of ether oxygens (including phenoxy) is 1. The molecule has 0 spiro atoms. The predicted octanol–water partition coefficient (Wildman–Crippen LogP) is 5.05. The topological polar surface area (TPSA) is 56.1 Å². The third-order valence-corrected chi connectivity index (χ3v) is 4.70. The molecule has 2 aromatic carbocycles. The van der Waals surface area contributed by atoms with Crippen molar-refractivity contribution in [2.45, 2.75) is 25.9 Å². The highest BCUT2D eigenvalue weighted by atomic mass is 19.3. The van der Waals surface area contributed by atoms with Gasteiger partial charge >= 0.3 is 0 Å². The number of alkyl halides is 2. The molecule has 0 unspecified atom stereocenters. The number of carbonyl (C=O) groups is 1. The third kappa shape index (κ3) is 5.36. The average Bonchev–Trinajstić information content (AvgIpc) is 3.15. The van der Waals surface area contributed by atoms with Crippen molar-refractivity contribution >= 4 is 11.6 Å². The van der Waals surface area contributed by atoms with Crippen LogP contribution in [-0.4, -0.2) is 28.4 Å². The molecule has 1 heterocycles. The number of amides is 1. The monoisotopic (exact) mass is 423 g/mol. The van der Waals surface area contributed by atoms with Crippen molar-refractivity contribution < 1.29 is 18.3 Å². The fraction of sp³-hybridized carbons (Fsp3) is 0.250. The highest BCUT2D eigenvalue weighted by molar-refractivity contribution is 6.06. The van der Waals surface area contributed by atoms with Gasteiger partial charge in [0.2, 0.25) is 0 Å². The van der Waals surface area contributed by atoms with E-state index in [0.717, 1.165) is 16.7 Å². The summed E-state index contributed by atoms with van der Waals surface area (Å²) in [5, 5.41) is 6.42. The van der Waals surface area contributed by atoms with Gasteiger partial charge in [0.1, 0.15) is 11.3 Å². The lowest BCUT2D eigenvalue weighted by atomic mass is 10.0. The van der Waals surface area contributed by atoms with Crippen LogP contribution in [0.5, 0.6) is 0 Å². The van der Waals surface area contributed by atoms with E-state index in [2.05, 4.69) is 22.3 Å². The first-order chi connectivity index (χ1) is 14.7. The van der Waals surface area contributed by atoms with E-state index in [9.17, 15) is 13.6 Å². The molecule has 1 amide bonds. The zero-order valence-electron chi connectivity index (χ0n) is 17.7. The minimum atomic E-state index is -2.84. The number of aryl methyl sites for hydroxylation is 1. The Morgan fingerprint density at radius 2 is 1.84 bits per heavy atom. The highest BCUT2D eigenvalue weighted by Crippen LogP contribution is 2.29. The molecular weight excluding hydrogens is 400 g/mol. The van der Waals surface area contributed by atoms with Crippen molar-refractivity contribution in [3.63, 3.8) is 0 Å². The Balaban J connectivity index is 1.87. The summed E-state index contributed by atoms with van der Waals surface area (Å²) in [4.78, 5) is 12.7. The molecule has 0 saturated carbocycles. The Morgan fingerprint density at radius 1 is 1.16 bits per heavy atom. The maximum Gasteiger partial charge on any atom is 0.282 e. The van der Waals surface area contributed by atoms with E-state index in [0.29, 0.717) is 5.69 Å². The number of rotatable bonds is 5. The van der Waals surface area contributed by atoms with Crippen molar-refractivity contribution in [3.8, 4) is 23.0 Å². The fourth-order valence-electron chi connectivity index (χ4n) is 2.88. The zero-order valence-corrected chi connectivity index (χ0v) is 17.7. The van der Waals surface area contributed by atoms with Crippen molar-refractivity contribution in [3.05, 3.63) is 71.5 Å². The summed E-state index contributed by atoms with van der Waals surface area (Å²) in [7, 11) is 3.10. The van der Waals surface area contributed by atoms with E-state index < -0.39 is 23.6 Å². The number of nitrogens with zero attached hydrogens (tertiary/aromatic N) is 2. The lowest BCUT2D eigenvalue weighted by Gasteiger charge is -2.14. The molecule has 0 bridgehead atoms. The minimum Gasteiger partial charge on any atom is -0.366 e. The van der Waals surface area contributed by atoms with Crippen LogP contribution in [0.3, 0.4) is 0 Å². The summed E-state index contributed by atoms with van der Waals surface area (Å²) in [5.41, 5.74) is 1.71. The molecule has 3 aromatic rings.